The Morgan fingerprint density at radius 2 is 1.60 bits per heavy atom. The highest BCUT2D eigenvalue weighted by Crippen LogP contribution is 2.18. The van der Waals surface area contributed by atoms with Crippen molar-refractivity contribution in [3.8, 4) is 5.75 Å². The van der Waals surface area contributed by atoms with E-state index in [-0.39, 0.29) is 23.7 Å². The molecule has 1 heterocycles. The molecular weight excluding hydrogens is 266 g/mol. The lowest BCUT2D eigenvalue weighted by molar-refractivity contribution is -0.171. The van der Waals surface area contributed by atoms with Crippen LogP contribution in [-0.4, -0.2) is 38.3 Å². The second kappa shape index (κ2) is 6.67. The molecule has 108 valence electrons. The number of phenolic OH excluding ortho intramolecular Hbond substituents is 1. The van der Waals surface area contributed by atoms with Crippen molar-refractivity contribution in [3.63, 3.8) is 0 Å². The van der Waals surface area contributed by atoms with Crippen LogP contribution in [0, 0.1) is 0 Å². The van der Waals surface area contributed by atoms with Gasteiger partial charge < -0.3 is 10.2 Å². The minimum Gasteiger partial charge on any atom is -0.508 e. The molecule has 0 aromatic heterocycles. The van der Waals surface area contributed by atoms with Gasteiger partial charge in [-0.25, -0.2) is 0 Å². The first-order valence-corrected chi connectivity index (χ1v) is 5.89. The Balaban J connectivity index is 0.000000217. The normalized spacial score (nSPS) is 15.6. The monoisotopic (exact) mass is 281 g/mol. The van der Waals surface area contributed by atoms with Crippen LogP contribution in [0.1, 0.15) is 31.2 Å². The molecule has 0 bridgehead atoms. The fraction of sp³-hybridized carbons (Fsp3) is 0.308. The molecule has 1 aliphatic heterocycles. The minimum absolute atomic E-state index is 0.148. The lowest BCUT2D eigenvalue weighted by atomic mass is 10.0. The molecule has 0 aliphatic carbocycles. The summed E-state index contributed by atoms with van der Waals surface area (Å²) >= 11 is 0. The van der Waals surface area contributed by atoms with E-state index in [2.05, 4.69) is 0 Å². The zero-order chi connectivity index (χ0) is 15.3. The van der Waals surface area contributed by atoms with Gasteiger partial charge in [0, 0.05) is 12.8 Å². The number of hydroxylamine groups is 2. The summed E-state index contributed by atoms with van der Waals surface area (Å²) in [4.78, 5) is 31.0. The molecule has 1 aromatic carbocycles. The average molecular weight is 281 g/mol. The molecule has 7 nitrogen and oxygen atoms in total. The van der Waals surface area contributed by atoms with E-state index in [0.717, 1.165) is 0 Å². The Bertz CT molecular complexity index is 494. The van der Waals surface area contributed by atoms with Crippen molar-refractivity contribution in [1.82, 2.24) is 5.06 Å². The van der Waals surface area contributed by atoms with Crippen LogP contribution in [0.3, 0.4) is 0 Å². The number of phenols is 1. The molecule has 3 N–H and O–H groups in total. The highest BCUT2D eigenvalue weighted by atomic mass is 16.5. The summed E-state index contributed by atoms with van der Waals surface area (Å²) in [7, 11) is 0. The van der Waals surface area contributed by atoms with Gasteiger partial charge in [-0.1, -0.05) is 12.1 Å². The van der Waals surface area contributed by atoms with Gasteiger partial charge in [0.15, 0.2) is 0 Å². The van der Waals surface area contributed by atoms with Crippen molar-refractivity contribution < 1.29 is 29.8 Å². The maximum atomic E-state index is 10.5. The summed E-state index contributed by atoms with van der Waals surface area (Å²) in [5.74, 6) is -2.24. The molecule has 0 saturated carbocycles. The number of imide groups is 1. The third-order valence-corrected chi connectivity index (χ3v) is 2.79. The number of nitrogens with zero attached hydrogens (tertiary/aromatic N) is 1. The topological polar surface area (TPSA) is 115 Å². The van der Waals surface area contributed by atoms with Gasteiger partial charge in [0.05, 0.1) is 5.92 Å². The highest BCUT2D eigenvalue weighted by Gasteiger charge is 2.26. The molecule has 7 heteroatoms. The van der Waals surface area contributed by atoms with E-state index in [1.165, 1.54) is 12.1 Å². The average Bonchev–Trinajstić information content (AvgIpc) is 2.71. The van der Waals surface area contributed by atoms with Crippen LogP contribution in [0.4, 0.5) is 0 Å². The Labute approximate surface area is 115 Å². The van der Waals surface area contributed by atoms with Gasteiger partial charge in [0.2, 0.25) is 0 Å². The van der Waals surface area contributed by atoms with Crippen molar-refractivity contribution in [2.75, 3.05) is 0 Å². The summed E-state index contributed by atoms with van der Waals surface area (Å²) in [5, 5.41) is 26.1. The number of amides is 2. The molecule has 1 aromatic rings. The molecule has 1 saturated heterocycles. The third kappa shape index (κ3) is 4.06. The maximum Gasteiger partial charge on any atom is 0.310 e. The first-order chi connectivity index (χ1) is 9.32. The standard InChI is InChI=1S/C9H10O3.C4H5NO3/c1-6(9(11)12)7-2-4-8(10)5-3-7;6-3-1-2-4(7)5(3)8/h2-6,10H,1H3,(H,11,12);8H,1-2H2. The van der Waals surface area contributed by atoms with Crippen LogP contribution in [0.25, 0.3) is 0 Å². The van der Waals surface area contributed by atoms with Gasteiger partial charge >= 0.3 is 5.97 Å². The second-order valence-electron chi connectivity index (χ2n) is 4.25. The van der Waals surface area contributed by atoms with Gasteiger partial charge in [-0.2, -0.15) is 5.06 Å². The Morgan fingerprint density at radius 1 is 1.15 bits per heavy atom. The fourth-order valence-corrected chi connectivity index (χ4v) is 1.47. The van der Waals surface area contributed by atoms with Crippen LogP contribution in [0.2, 0.25) is 0 Å². The zero-order valence-electron chi connectivity index (χ0n) is 10.8. The number of aliphatic carboxylic acids is 1. The van der Waals surface area contributed by atoms with Crippen molar-refractivity contribution in [3.05, 3.63) is 29.8 Å². The largest absolute Gasteiger partial charge is 0.508 e. The summed E-state index contributed by atoms with van der Waals surface area (Å²) in [6, 6.07) is 6.17. The van der Waals surface area contributed by atoms with E-state index < -0.39 is 23.7 Å². The number of carbonyl (C=O) groups is 3. The van der Waals surface area contributed by atoms with Crippen molar-refractivity contribution in [2.45, 2.75) is 25.7 Å². The minimum atomic E-state index is -0.860. The van der Waals surface area contributed by atoms with E-state index in [0.29, 0.717) is 5.56 Å². The van der Waals surface area contributed by atoms with Crippen molar-refractivity contribution in [1.29, 1.82) is 0 Å². The van der Waals surface area contributed by atoms with E-state index in [9.17, 15) is 14.4 Å². The molecule has 1 unspecified atom stereocenters. The molecule has 20 heavy (non-hydrogen) atoms. The maximum absolute atomic E-state index is 10.5. The Kier molecular flexibility index (Phi) is 5.22. The summed E-state index contributed by atoms with van der Waals surface area (Å²) < 4.78 is 0. The fourth-order valence-electron chi connectivity index (χ4n) is 1.47. The lowest BCUT2D eigenvalue weighted by Gasteiger charge is -2.05. The van der Waals surface area contributed by atoms with Crippen LogP contribution in [0.5, 0.6) is 5.75 Å². The van der Waals surface area contributed by atoms with E-state index in [1.54, 1.807) is 19.1 Å². The molecular formula is C13H15NO6. The third-order valence-electron chi connectivity index (χ3n) is 2.79. The zero-order valence-corrected chi connectivity index (χ0v) is 10.8. The smallest absolute Gasteiger partial charge is 0.310 e. The number of rotatable bonds is 2. The van der Waals surface area contributed by atoms with E-state index in [4.69, 9.17) is 15.4 Å². The SMILES string of the molecule is CC(C(=O)O)c1ccc(O)cc1.O=C1CCC(=O)N1O. The summed E-state index contributed by atoms with van der Waals surface area (Å²) in [6.45, 7) is 1.61. The molecule has 2 rings (SSSR count). The molecule has 0 spiro atoms. The number of carboxylic acid groups (broad SMARTS) is 1. The van der Waals surface area contributed by atoms with Gasteiger partial charge in [-0.3, -0.25) is 19.6 Å². The predicted molar refractivity (Wildman–Crippen MR) is 67.0 cm³/mol. The van der Waals surface area contributed by atoms with Crippen molar-refractivity contribution in [2.24, 2.45) is 0 Å². The molecule has 1 fully saturated rings. The van der Waals surface area contributed by atoms with Gasteiger partial charge in [0.1, 0.15) is 5.75 Å². The number of aromatic hydroxyl groups is 1. The van der Waals surface area contributed by atoms with Crippen LogP contribution >= 0.6 is 0 Å². The number of carboxylic acids is 1. The van der Waals surface area contributed by atoms with Gasteiger partial charge in [-0.15, -0.1) is 0 Å². The number of hydrogen-bond donors (Lipinski definition) is 3. The lowest BCUT2D eigenvalue weighted by Crippen LogP contribution is -2.24. The Hall–Kier alpha value is -2.41. The number of benzene rings is 1. The van der Waals surface area contributed by atoms with Crippen LogP contribution < -0.4 is 0 Å². The number of hydrogen-bond acceptors (Lipinski definition) is 5. The van der Waals surface area contributed by atoms with Crippen molar-refractivity contribution >= 4 is 17.8 Å². The van der Waals surface area contributed by atoms with E-state index >= 15 is 0 Å². The first-order valence-electron chi connectivity index (χ1n) is 5.89. The number of carbonyl (C=O) groups excluding carboxylic acids is 2. The van der Waals surface area contributed by atoms with Gasteiger partial charge in [0.25, 0.3) is 11.8 Å². The highest BCUT2D eigenvalue weighted by molar-refractivity contribution is 6.00. The predicted octanol–water partition coefficient (Wildman–Crippen LogP) is 1.10. The summed E-state index contributed by atoms with van der Waals surface area (Å²) in [6.07, 6.45) is 0.296. The van der Waals surface area contributed by atoms with Crippen LogP contribution in [0.15, 0.2) is 24.3 Å². The quantitative estimate of drug-likeness (QED) is 0.552. The van der Waals surface area contributed by atoms with E-state index in [1.807, 2.05) is 0 Å². The molecule has 0 radical (unpaired) electrons. The second-order valence-corrected chi connectivity index (χ2v) is 4.25. The molecule has 1 aliphatic rings. The van der Waals surface area contributed by atoms with Gasteiger partial charge in [-0.05, 0) is 24.6 Å². The van der Waals surface area contributed by atoms with Crippen LogP contribution in [-0.2, 0) is 14.4 Å². The summed E-state index contributed by atoms with van der Waals surface area (Å²) in [5.41, 5.74) is 0.695. The Morgan fingerprint density at radius 3 is 1.90 bits per heavy atom. The molecule has 1 atom stereocenters. The molecule has 2 amide bonds. The first kappa shape index (κ1) is 15.6.